The van der Waals surface area contributed by atoms with E-state index in [1.807, 2.05) is 53.5 Å². The van der Waals surface area contributed by atoms with Crippen LogP contribution in [0.5, 0.6) is 11.8 Å². The lowest BCUT2D eigenvalue weighted by Gasteiger charge is -2.26. The van der Waals surface area contributed by atoms with Gasteiger partial charge >= 0.3 is 25.8 Å². The van der Waals surface area contributed by atoms with Gasteiger partial charge in [0.25, 0.3) is 0 Å². The Labute approximate surface area is 130 Å². The predicted molar refractivity (Wildman–Crippen MR) is 85.2 cm³/mol. The Bertz CT molecular complexity index is 970. The van der Waals surface area contributed by atoms with Crippen molar-refractivity contribution in [3.63, 3.8) is 0 Å². The summed E-state index contributed by atoms with van der Waals surface area (Å²) >= 11 is 0. The summed E-state index contributed by atoms with van der Waals surface area (Å²) in [6, 6.07) is 15.1. The van der Waals surface area contributed by atoms with Gasteiger partial charge in [0, 0.05) is 5.56 Å². The Balaban J connectivity index is 1.79. The number of aromatic amines is 2. The van der Waals surface area contributed by atoms with E-state index in [-0.39, 0.29) is 6.01 Å². The number of H-pyrrole nitrogens is 2. The summed E-state index contributed by atoms with van der Waals surface area (Å²) in [4.78, 5) is 30.6. The molecular formula is C15H10N3O4P. The molecule has 0 saturated carbocycles. The largest absolute Gasteiger partial charge is 0.435 e. The van der Waals surface area contributed by atoms with E-state index in [4.69, 9.17) is 9.05 Å². The molecule has 0 spiro atoms. The van der Waals surface area contributed by atoms with Crippen molar-refractivity contribution < 1.29 is 9.05 Å². The van der Waals surface area contributed by atoms with Gasteiger partial charge in [0.15, 0.2) is 0 Å². The molecule has 0 aliphatic carbocycles. The smallest absolute Gasteiger partial charge is 0.353 e. The molecule has 3 aromatic rings. The van der Waals surface area contributed by atoms with Gasteiger partial charge in [-0.1, -0.05) is 36.4 Å². The molecular weight excluding hydrogens is 317 g/mol. The number of hydrogen-bond donors (Lipinski definition) is 2. The van der Waals surface area contributed by atoms with Crippen LogP contribution in [0.15, 0.2) is 58.1 Å². The minimum absolute atomic E-state index is 0.168. The fourth-order valence-electron chi connectivity index (χ4n) is 2.33. The minimum Gasteiger partial charge on any atom is -0.435 e. The van der Waals surface area contributed by atoms with Gasteiger partial charge in [0.1, 0.15) is 5.75 Å². The van der Waals surface area contributed by atoms with Crippen molar-refractivity contribution in [2.24, 2.45) is 0 Å². The quantitative estimate of drug-likeness (QED) is 0.696. The molecule has 2 aromatic carbocycles. The third-order valence-corrected chi connectivity index (χ3v) is 4.76. The number of aromatic nitrogens is 3. The Morgan fingerprint density at radius 1 is 0.957 bits per heavy atom. The molecule has 1 aromatic heterocycles. The van der Waals surface area contributed by atoms with Crippen LogP contribution < -0.4 is 25.7 Å². The lowest BCUT2D eigenvalue weighted by atomic mass is 10.0. The molecule has 0 bridgehead atoms. The lowest BCUT2D eigenvalue weighted by molar-refractivity contribution is 0.469. The summed E-state index contributed by atoms with van der Waals surface area (Å²) in [5.41, 5.74) is 0.510. The molecule has 2 N–H and O–H groups in total. The van der Waals surface area contributed by atoms with E-state index in [1.54, 1.807) is 0 Å². The Hall–Kier alpha value is -2.92. The van der Waals surface area contributed by atoms with E-state index in [1.165, 1.54) is 0 Å². The maximum absolute atomic E-state index is 11.3. The van der Waals surface area contributed by atoms with Gasteiger partial charge in [0.05, 0.1) is 5.30 Å². The first-order valence-electron chi connectivity index (χ1n) is 6.76. The second kappa shape index (κ2) is 5.37. The van der Waals surface area contributed by atoms with E-state index in [0.717, 1.165) is 16.4 Å². The molecule has 1 aliphatic heterocycles. The molecule has 7 nitrogen and oxygen atoms in total. The van der Waals surface area contributed by atoms with Gasteiger partial charge in [-0.05, 0) is 17.7 Å². The summed E-state index contributed by atoms with van der Waals surface area (Å²) in [6.45, 7) is 0. The van der Waals surface area contributed by atoms with Crippen LogP contribution in [0.25, 0.3) is 11.1 Å². The first-order chi connectivity index (χ1) is 11.2. The molecule has 8 heteroatoms. The van der Waals surface area contributed by atoms with Gasteiger partial charge < -0.3 is 9.05 Å². The summed E-state index contributed by atoms with van der Waals surface area (Å²) in [5.74, 6) is 0.685. The van der Waals surface area contributed by atoms with Crippen LogP contribution in [0.3, 0.4) is 0 Å². The Morgan fingerprint density at radius 2 is 1.70 bits per heavy atom. The monoisotopic (exact) mass is 327 g/mol. The molecule has 0 amide bonds. The SMILES string of the molecule is O=c1nc(OP2Oc3ccccc3-c3ccccc32)[nH]c(=O)[nH]1. The molecule has 0 saturated heterocycles. The topological polar surface area (TPSA) is 97.1 Å². The third kappa shape index (κ3) is 2.51. The highest BCUT2D eigenvalue weighted by Gasteiger charge is 2.29. The van der Waals surface area contributed by atoms with Gasteiger partial charge in [-0.2, -0.15) is 0 Å². The minimum atomic E-state index is -1.56. The second-order valence-corrected chi connectivity index (χ2v) is 6.12. The van der Waals surface area contributed by atoms with Crippen LogP contribution in [0.4, 0.5) is 0 Å². The van der Waals surface area contributed by atoms with E-state index in [2.05, 4.69) is 9.97 Å². The fourth-order valence-corrected chi connectivity index (χ4v) is 3.75. The fraction of sp³-hybridized carbons (Fsp3) is 0. The van der Waals surface area contributed by atoms with Crippen molar-refractivity contribution in [1.29, 1.82) is 0 Å². The molecule has 2 heterocycles. The van der Waals surface area contributed by atoms with Crippen LogP contribution in [-0.2, 0) is 0 Å². The molecule has 4 rings (SSSR count). The first kappa shape index (κ1) is 13.7. The van der Waals surface area contributed by atoms with Crippen molar-refractivity contribution in [1.82, 2.24) is 15.0 Å². The standard InChI is InChI=1S/C15H10N3O4P/c19-13-16-14(20)18-15(17-13)22-23-12-8-4-2-6-10(12)9-5-1-3-7-11(9)21-23/h1-8H,(H2,16,17,18,19,20). The van der Waals surface area contributed by atoms with Crippen LogP contribution in [0, 0.1) is 0 Å². The highest BCUT2D eigenvalue weighted by Crippen LogP contribution is 2.48. The van der Waals surface area contributed by atoms with Crippen molar-refractivity contribution in [3.8, 4) is 22.9 Å². The van der Waals surface area contributed by atoms with E-state index < -0.39 is 19.8 Å². The summed E-state index contributed by atoms with van der Waals surface area (Å²) in [7, 11) is -1.56. The molecule has 1 unspecified atom stereocenters. The normalized spacial score (nSPS) is 15.2. The van der Waals surface area contributed by atoms with E-state index in [9.17, 15) is 9.59 Å². The second-order valence-electron chi connectivity index (χ2n) is 4.75. The average Bonchev–Trinajstić information content (AvgIpc) is 2.54. The van der Waals surface area contributed by atoms with Crippen molar-refractivity contribution in [2.45, 2.75) is 0 Å². The average molecular weight is 327 g/mol. The number of benzene rings is 2. The zero-order valence-electron chi connectivity index (χ0n) is 11.6. The maximum atomic E-state index is 11.3. The third-order valence-electron chi connectivity index (χ3n) is 3.27. The van der Waals surface area contributed by atoms with Crippen LogP contribution in [0.1, 0.15) is 0 Å². The Morgan fingerprint density at radius 3 is 2.52 bits per heavy atom. The number of rotatable bonds is 2. The zero-order valence-corrected chi connectivity index (χ0v) is 12.5. The molecule has 0 fully saturated rings. The molecule has 23 heavy (non-hydrogen) atoms. The van der Waals surface area contributed by atoms with Crippen LogP contribution in [-0.4, -0.2) is 15.0 Å². The lowest BCUT2D eigenvalue weighted by Crippen LogP contribution is -2.26. The van der Waals surface area contributed by atoms with Gasteiger partial charge in [-0.15, -0.1) is 4.98 Å². The highest BCUT2D eigenvalue weighted by molar-refractivity contribution is 7.57. The van der Waals surface area contributed by atoms with Gasteiger partial charge in [-0.3, -0.25) is 9.97 Å². The predicted octanol–water partition coefficient (Wildman–Crippen LogP) is 1.53. The van der Waals surface area contributed by atoms with Crippen molar-refractivity contribution >= 4 is 13.7 Å². The van der Waals surface area contributed by atoms with E-state index >= 15 is 0 Å². The van der Waals surface area contributed by atoms with E-state index in [0.29, 0.717) is 5.75 Å². The summed E-state index contributed by atoms with van der Waals surface area (Å²) in [6.07, 6.45) is 0. The number of para-hydroxylation sites is 1. The van der Waals surface area contributed by atoms with Gasteiger partial charge in [0.2, 0.25) is 0 Å². The van der Waals surface area contributed by atoms with Gasteiger partial charge in [-0.25, -0.2) is 9.59 Å². The number of nitrogens with zero attached hydrogens (tertiary/aromatic N) is 1. The first-order valence-corrected chi connectivity index (χ1v) is 7.93. The molecule has 1 aliphatic rings. The highest BCUT2D eigenvalue weighted by atomic mass is 31.2. The molecule has 0 radical (unpaired) electrons. The molecule has 1 atom stereocenters. The van der Waals surface area contributed by atoms with Crippen LogP contribution >= 0.6 is 8.38 Å². The number of fused-ring (bicyclic) bond motifs is 3. The summed E-state index contributed by atoms with van der Waals surface area (Å²) < 4.78 is 11.6. The van der Waals surface area contributed by atoms with Crippen molar-refractivity contribution in [3.05, 3.63) is 69.5 Å². The van der Waals surface area contributed by atoms with Crippen LogP contribution in [0.2, 0.25) is 0 Å². The molecule has 114 valence electrons. The number of hydrogen-bond acceptors (Lipinski definition) is 5. The maximum Gasteiger partial charge on any atom is 0.353 e. The number of nitrogens with one attached hydrogen (secondary N) is 2. The van der Waals surface area contributed by atoms with Crippen molar-refractivity contribution in [2.75, 3.05) is 0 Å². The summed E-state index contributed by atoms with van der Waals surface area (Å²) in [5, 5.41) is 0.851. The Kier molecular flexibility index (Phi) is 3.20. The zero-order chi connectivity index (χ0) is 15.8.